The Morgan fingerprint density at radius 2 is 1.94 bits per heavy atom. The number of benzene rings is 1. The second-order valence-electron chi connectivity index (χ2n) is 4.36. The summed E-state index contributed by atoms with van der Waals surface area (Å²) in [6.07, 6.45) is 4.02. The Labute approximate surface area is 107 Å². The van der Waals surface area contributed by atoms with Crippen LogP contribution in [0.4, 0.5) is 5.82 Å². The van der Waals surface area contributed by atoms with Gasteiger partial charge in [-0.25, -0.2) is 0 Å². The van der Waals surface area contributed by atoms with Crippen molar-refractivity contribution in [2.24, 2.45) is 16.1 Å². The van der Waals surface area contributed by atoms with E-state index in [2.05, 4.69) is 34.3 Å². The van der Waals surface area contributed by atoms with Crippen LogP contribution in [-0.2, 0) is 0 Å². The SMILES string of the molecule is CCC(CC)CN=Nc1nncc2ccccc12. The predicted molar refractivity (Wildman–Crippen MR) is 73.0 cm³/mol. The van der Waals surface area contributed by atoms with E-state index in [4.69, 9.17) is 0 Å². The van der Waals surface area contributed by atoms with Gasteiger partial charge in [-0.3, -0.25) is 0 Å². The van der Waals surface area contributed by atoms with E-state index in [0.29, 0.717) is 11.7 Å². The molecule has 2 aromatic rings. The maximum Gasteiger partial charge on any atom is 0.203 e. The van der Waals surface area contributed by atoms with E-state index in [-0.39, 0.29) is 0 Å². The first-order valence-electron chi connectivity index (χ1n) is 6.43. The van der Waals surface area contributed by atoms with Gasteiger partial charge in [-0.15, -0.1) is 10.2 Å². The maximum absolute atomic E-state index is 4.26. The molecule has 0 N–H and O–H groups in total. The van der Waals surface area contributed by atoms with Gasteiger partial charge in [0.25, 0.3) is 0 Å². The normalized spacial score (nSPS) is 11.7. The monoisotopic (exact) mass is 242 g/mol. The fourth-order valence-electron chi connectivity index (χ4n) is 1.86. The molecular formula is C14H18N4. The summed E-state index contributed by atoms with van der Waals surface area (Å²) in [6.45, 7) is 5.13. The third kappa shape index (κ3) is 2.88. The largest absolute Gasteiger partial charge is 0.203 e. The summed E-state index contributed by atoms with van der Waals surface area (Å²) in [4.78, 5) is 0. The van der Waals surface area contributed by atoms with Crippen LogP contribution in [0.1, 0.15) is 26.7 Å². The minimum absolute atomic E-state index is 0.608. The number of fused-ring (bicyclic) bond motifs is 1. The predicted octanol–water partition coefficient (Wildman–Crippen LogP) is 4.15. The van der Waals surface area contributed by atoms with E-state index in [0.717, 1.165) is 30.2 Å². The molecule has 1 aromatic heterocycles. The van der Waals surface area contributed by atoms with Crippen LogP contribution in [0.3, 0.4) is 0 Å². The Kier molecular flexibility index (Phi) is 4.34. The minimum Gasteiger partial charge on any atom is -0.187 e. The van der Waals surface area contributed by atoms with Crippen molar-refractivity contribution in [3.63, 3.8) is 0 Å². The van der Waals surface area contributed by atoms with Gasteiger partial charge in [0.15, 0.2) is 0 Å². The highest BCUT2D eigenvalue weighted by molar-refractivity contribution is 5.89. The van der Waals surface area contributed by atoms with Gasteiger partial charge in [0.05, 0.1) is 12.7 Å². The number of hydrogen-bond acceptors (Lipinski definition) is 4. The molecule has 0 saturated carbocycles. The second kappa shape index (κ2) is 6.19. The van der Waals surface area contributed by atoms with Gasteiger partial charge in [-0.2, -0.15) is 10.2 Å². The third-order valence-electron chi connectivity index (χ3n) is 3.21. The molecular weight excluding hydrogens is 224 g/mol. The van der Waals surface area contributed by atoms with Crippen molar-refractivity contribution in [2.45, 2.75) is 26.7 Å². The lowest BCUT2D eigenvalue weighted by Crippen LogP contribution is -2.00. The molecule has 0 radical (unpaired) electrons. The molecule has 94 valence electrons. The molecule has 0 aliphatic heterocycles. The summed E-state index contributed by atoms with van der Waals surface area (Å²) in [6, 6.07) is 7.96. The molecule has 1 heterocycles. The average Bonchev–Trinajstić information content (AvgIpc) is 2.44. The first-order valence-corrected chi connectivity index (χ1v) is 6.43. The van der Waals surface area contributed by atoms with Crippen molar-refractivity contribution in [3.8, 4) is 0 Å². The van der Waals surface area contributed by atoms with E-state index in [1.165, 1.54) is 0 Å². The van der Waals surface area contributed by atoms with Crippen LogP contribution in [0.5, 0.6) is 0 Å². The molecule has 0 fully saturated rings. The Bertz CT molecular complexity index is 527. The van der Waals surface area contributed by atoms with Crippen molar-refractivity contribution in [3.05, 3.63) is 30.5 Å². The molecule has 18 heavy (non-hydrogen) atoms. The third-order valence-corrected chi connectivity index (χ3v) is 3.21. The number of rotatable bonds is 5. The standard InChI is InChI=1S/C14H18N4/c1-3-11(4-2)9-15-17-14-13-8-6-5-7-12(13)10-16-18-14/h5-8,10-11H,3-4,9H2,1-2H3. The molecule has 4 nitrogen and oxygen atoms in total. The summed E-state index contributed by atoms with van der Waals surface area (Å²) >= 11 is 0. The van der Waals surface area contributed by atoms with Crippen LogP contribution in [0.15, 0.2) is 40.7 Å². The topological polar surface area (TPSA) is 50.5 Å². The second-order valence-corrected chi connectivity index (χ2v) is 4.36. The molecule has 0 amide bonds. The fraction of sp³-hybridized carbons (Fsp3) is 0.429. The summed E-state index contributed by atoms with van der Waals surface area (Å²) < 4.78 is 0. The number of hydrogen-bond donors (Lipinski definition) is 0. The average molecular weight is 242 g/mol. The van der Waals surface area contributed by atoms with Crippen LogP contribution >= 0.6 is 0 Å². The fourth-order valence-corrected chi connectivity index (χ4v) is 1.86. The van der Waals surface area contributed by atoms with Crippen molar-refractivity contribution in [1.82, 2.24) is 10.2 Å². The molecule has 4 heteroatoms. The van der Waals surface area contributed by atoms with Gasteiger partial charge < -0.3 is 0 Å². The van der Waals surface area contributed by atoms with Crippen LogP contribution in [0, 0.1) is 5.92 Å². The first-order chi connectivity index (χ1) is 8.85. The Morgan fingerprint density at radius 3 is 2.72 bits per heavy atom. The van der Waals surface area contributed by atoms with Crippen molar-refractivity contribution >= 4 is 16.6 Å². The summed E-state index contributed by atoms with van der Waals surface area (Å²) in [7, 11) is 0. The zero-order valence-electron chi connectivity index (χ0n) is 10.9. The zero-order chi connectivity index (χ0) is 12.8. The van der Waals surface area contributed by atoms with E-state index in [9.17, 15) is 0 Å². The molecule has 0 atom stereocenters. The van der Waals surface area contributed by atoms with E-state index in [1.807, 2.05) is 24.3 Å². The van der Waals surface area contributed by atoms with Gasteiger partial charge in [-0.05, 0) is 5.92 Å². The van der Waals surface area contributed by atoms with Gasteiger partial charge in [-0.1, -0.05) is 51.0 Å². The highest BCUT2D eigenvalue weighted by Gasteiger charge is 2.03. The molecule has 0 aliphatic carbocycles. The maximum atomic E-state index is 4.26. The van der Waals surface area contributed by atoms with Gasteiger partial charge in [0.1, 0.15) is 0 Å². The molecule has 0 spiro atoms. The molecule has 0 saturated heterocycles. The van der Waals surface area contributed by atoms with Crippen LogP contribution in [0.2, 0.25) is 0 Å². The molecule has 1 aromatic carbocycles. The van der Waals surface area contributed by atoms with E-state index < -0.39 is 0 Å². The van der Waals surface area contributed by atoms with E-state index >= 15 is 0 Å². The van der Waals surface area contributed by atoms with Crippen LogP contribution < -0.4 is 0 Å². The van der Waals surface area contributed by atoms with Crippen LogP contribution in [-0.4, -0.2) is 16.7 Å². The lowest BCUT2D eigenvalue weighted by Gasteiger charge is -2.06. The van der Waals surface area contributed by atoms with Crippen molar-refractivity contribution in [1.29, 1.82) is 0 Å². The molecule has 0 aliphatic rings. The quantitative estimate of drug-likeness (QED) is 0.739. The van der Waals surface area contributed by atoms with Gasteiger partial charge >= 0.3 is 0 Å². The Balaban J connectivity index is 2.19. The minimum atomic E-state index is 0.608. The summed E-state index contributed by atoms with van der Waals surface area (Å²) in [5.41, 5.74) is 0. The van der Waals surface area contributed by atoms with Crippen molar-refractivity contribution in [2.75, 3.05) is 6.54 Å². The molecule has 0 bridgehead atoms. The van der Waals surface area contributed by atoms with Gasteiger partial charge in [0, 0.05) is 10.8 Å². The smallest absolute Gasteiger partial charge is 0.187 e. The number of nitrogens with zero attached hydrogens (tertiary/aromatic N) is 4. The molecule has 2 rings (SSSR count). The Morgan fingerprint density at radius 1 is 1.17 bits per heavy atom. The molecule has 0 unspecified atom stereocenters. The Hall–Kier alpha value is -1.84. The number of azo groups is 1. The van der Waals surface area contributed by atoms with Crippen LogP contribution in [0.25, 0.3) is 10.8 Å². The summed E-state index contributed by atoms with van der Waals surface area (Å²) in [5.74, 6) is 1.22. The highest BCUT2D eigenvalue weighted by atomic mass is 15.2. The summed E-state index contributed by atoms with van der Waals surface area (Å²) in [5, 5.41) is 18.5. The lowest BCUT2D eigenvalue weighted by atomic mass is 10.0. The zero-order valence-corrected chi connectivity index (χ0v) is 10.9. The first kappa shape index (κ1) is 12.6. The lowest BCUT2D eigenvalue weighted by molar-refractivity contribution is 0.497. The van der Waals surface area contributed by atoms with E-state index in [1.54, 1.807) is 6.20 Å². The highest BCUT2D eigenvalue weighted by Crippen LogP contribution is 2.22. The van der Waals surface area contributed by atoms with Gasteiger partial charge in [0.2, 0.25) is 5.82 Å². The number of aromatic nitrogens is 2. The van der Waals surface area contributed by atoms with Crippen molar-refractivity contribution < 1.29 is 0 Å².